The van der Waals surface area contributed by atoms with Crippen molar-refractivity contribution >= 4 is 11.7 Å². The number of hydrogen-bond donors (Lipinski definition) is 1. The van der Waals surface area contributed by atoms with Crippen LogP contribution in [0.3, 0.4) is 0 Å². The zero-order valence-corrected chi connectivity index (χ0v) is 12.3. The van der Waals surface area contributed by atoms with Crippen molar-refractivity contribution in [3.63, 3.8) is 0 Å². The molecular weight excluding hydrogens is 250 g/mol. The van der Waals surface area contributed by atoms with Crippen molar-refractivity contribution in [3.8, 4) is 0 Å². The number of nitrogens with zero attached hydrogens (tertiary/aromatic N) is 1. The summed E-state index contributed by atoms with van der Waals surface area (Å²) in [6, 6.07) is 10.3. The summed E-state index contributed by atoms with van der Waals surface area (Å²) in [4.78, 5) is 13.2. The van der Waals surface area contributed by atoms with Crippen LogP contribution in [0.1, 0.15) is 45.4 Å². The van der Waals surface area contributed by atoms with Crippen LogP contribution in [0.25, 0.3) is 0 Å². The number of benzene rings is 1. The molecule has 0 saturated heterocycles. The fourth-order valence-corrected chi connectivity index (χ4v) is 3.35. The number of para-hydroxylation sites is 1. The van der Waals surface area contributed by atoms with Gasteiger partial charge in [-0.25, -0.2) is 0 Å². The van der Waals surface area contributed by atoms with E-state index >= 15 is 0 Å². The van der Waals surface area contributed by atoms with Crippen LogP contribution in [0.2, 0.25) is 0 Å². The lowest BCUT2D eigenvalue weighted by Gasteiger charge is -2.37. The highest BCUT2D eigenvalue weighted by Crippen LogP contribution is 2.32. The molecular formula is C17H25NO2. The lowest BCUT2D eigenvalue weighted by atomic mass is 9.83. The van der Waals surface area contributed by atoms with E-state index < -0.39 is 5.97 Å². The Hall–Kier alpha value is -1.51. The predicted octanol–water partition coefficient (Wildman–Crippen LogP) is 3.94. The second-order valence-corrected chi connectivity index (χ2v) is 5.82. The van der Waals surface area contributed by atoms with Gasteiger partial charge in [-0.2, -0.15) is 0 Å². The molecule has 3 heteroatoms. The molecule has 1 aromatic rings. The van der Waals surface area contributed by atoms with Crippen molar-refractivity contribution in [2.24, 2.45) is 5.92 Å². The van der Waals surface area contributed by atoms with Crippen molar-refractivity contribution in [3.05, 3.63) is 30.3 Å². The van der Waals surface area contributed by atoms with Crippen LogP contribution in [-0.2, 0) is 4.79 Å². The Morgan fingerprint density at radius 3 is 2.40 bits per heavy atom. The van der Waals surface area contributed by atoms with Gasteiger partial charge in [0, 0.05) is 11.7 Å². The molecule has 0 spiro atoms. The van der Waals surface area contributed by atoms with Gasteiger partial charge >= 0.3 is 5.97 Å². The molecule has 1 N–H and O–H groups in total. The summed E-state index contributed by atoms with van der Waals surface area (Å²) in [7, 11) is 0. The third-order valence-corrected chi connectivity index (χ3v) is 4.35. The first-order valence-corrected chi connectivity index (χ1v) is 7.74. The first-order valence-electron chi connectivity index (χ1n) is 7.74. The molecule has 1 aromatic carbocycles. The van der Waals surface area contributed by atoms with Crippen molar-refractivity contribution in [1.29, 1.82) is 0 Å². The van der Waals surface area contributed by atoms with Crippen LogP contribution < -0.4 is 4.90 Å². The van der Waals surface area contributed by atoms with Gasteiger partial charge in [0.2, 0.25) is 0 Å². The first-order chi connectivity index (χ1) is 9.70. The highest BCUT2D eigenvalue weighted by molar-refractivity contribution is 5.74. The first kappa shape index (κ1) is 14.9. The zero-order valence-electron chi connectivity index (χ0n) is 12.3. The summed E-state index contributed by atoms with van der Waals surface area (Å²) in [6.07, 6.45) is 7.28. The molecule has 0 unspecified atom stereocenters. The minimum absolute atomic E-state index is 0.104. The molecule has 20 heavy (non-hydrogen) atoms. The SMILES string of the molecule is CCCC1CCC(N(CC(=O)O)c2ccccc2)CC1. The molecule has 1 aliphatic rings. The monoisotopic (exact) mass is 275 g/mol. The Morgan fingerprint density at radius 1 is 1.20 bits per heavy atom. The highest BCUT2D eigenvalue weighted by atomic mass is 16.4. The molecule has 1 fully saturated rings. The minimum atomic E-state index is -0.746. The van der Waals surface area contributed by atoms with Gasteiger partial charge in [-0.05, 0) is 43.7 Å². The topological polar surface area (TPSA) is 40.5 Å². The Kier molecular flexibility index (Phi) is 5.45. The van der Waals surface area contributed by atoms with Gasteiger partial charge < -0.3 is 10.0 Å². The second kappa shape index (κ2) is 7.32. The largest absolute Gasteiger partial charge is 0.480 e. The normalized spacial score (nSPS) is 22.4. The Labute approximate surface area is 121 Å². The van der Waals surface area contributed by atoms with Crippen molar-refractivity contribution in [1.82, 2.24) is 0 Å². The van der Waals surface area contributed by atoms with E-state index in [0.717, 1.165) is 24.4 Å². The highest BCUT2D eigenvalue weighted by Gasteiger charge is 2.26. The van der Waals surface area contributed by atoms with Crippen LogP contribution in [-0.4, -0.2) is 23.7 Å². The van der Waals surface area contributed by atoms with Gasteiger partial charge in [0.05, 0.1) is 0 Å². The van der Waals surface area contributed by atoms with Gasteiger partial charge in [0.25, 0.3) is 0 Å². The maximum Gasteiger partial charge on any atom is 0.323 e. The summed E-state index contributed by atoms with van der Waals surface area (Å²) >= 11 is 0. The molecule has 1 aliphatic carbocycles. The molecule has 0 amide bonds. The number of carboxylic acids is 1. The van der Waals surface area contributed by atoms with E-state index in [2.05, 4.69) is 11.8 Å². The summed E-state index contributed by atoms with van der Waals surface area (Å²) < 4.78 is 0. The van der Waals surface area contributed by atoms with Crippen LogP contribution in [0, 0.1) is 5.92 Å². The fraction of sp³-hybridized carbons (Fsp3) is 0.588. The van der Waals surface area contributed by atoms with Crippen LogP contribution in [0.4, 0.5) is 5.69 Å². The zero-order chi connectivity index (χ0) is 14.4. The quantitative estimate of drug-likeness (QED) is 0.855. The van der Waals surface area contributed by atoms with E-state index in [1.54, 1.807) is 0 Å². The van der Waals surface area contributed by atoms with Crippen molar-refractivity contribution in [2.45, 2.75) is 51.5 Å². The van der Waals surface area contributed by atoms with Crippen LogP contribution >= 0.6 is 0 Å². The number of carbonyl (C=O) groups is 1. The number of hydrogen-bond acceptors (Lipinski definition) is 2. The predicted molar refractivity (Wildman–Crippen MR) is 82.1 cm³/mol. The summed E-state index contributed by atoms with van der Waals surface area (Å²) in [6.45, 7) is 2.35. The Balaban J connectivity index is 2.03. The third-order valence-electron chi connectivity index (χ3n) is 4.35. The molecule has 0 aromatic heterocycles. The van der Waals surface area contributed by atoms with Gasteiger partial charge in [0.15, 0.2) is 0 Å². The van der Waals surface area contributed by atoms with E-state index in [1.165, 1.54) is 25.7 Å². The van der Waals surface area contributed by atoms with Crippen LogP contribution in [0.15, 0.2) is 30.3 Å². The van der Waals surface area contributed by atoms with E-state index in [9.17, 15) is 9.90 Å². The standard InChI is InChI=1S/C17H25NO2/c1-2-6-14-9-11-16(12-10-14)18(13-17(19)20)15-7-4-3-5-8-15/h3-5,7-8,14,16H,2,6,9-13H2,1H3,(H,19,20). The van der Waals surface area contributed by atoms with E-state index in [4.69, 9.17) is 0 Å². The molecule has 0 heterocycles. The number of anilines is 1. The van der Waals surface area contributed by atoms with E-state index in [1.807, 2.05) is 30.3 Å². The second-order valence-electron chi connectivity index (χ2n) is 5.82. The molecule has 0 atom stereocenters. The maximum absolute atomic E-state index is 11.2. The maximum atomic E-state index is 11.2. The van der Waals surface area contributed by atoms with E-state index in [-0.39, 0.29) is 6.54 Å². The number of aliphatic carboxylic acids is 1. The van der Waals surface area contributed by atoms with Crippen LogP contribution in [0.5, 0.6) is 0 Å². The van der Waals surface area contributed by atoms with Gasteiger partial charge in [-0.1, -0.05) is 38.0 Å². The molecule has 0 aliphatic heterocycles. The summed E-state index contributed by atoms with van der Waals surface area (Å²) in [5, 5.41) is 9.17. The number of rotatable bonds is 6. The van der Waals surface area contributed by atoms with Crippen molar-refractivity contribution < 1.29 is 9.90 Å². The lowest BCUT2D eigenvalue weighted by molar-refractivity contribution is -0.135. The smallest absolute Gasteiger partial charge is 0.323 e. The average Bonchev–Trinajstić information content (AvgIpc) is 2.47. The molecule has 1 saturated carbocycles. The third kappa shape index (κ3) is 3.99. The molecule has 2 rings (SSSR count). The van der Waals surface area contributed by atoms with Gasteiger partial charge in [-0.15, -0.1) is 0 Å². The van der Waals surface area contributed by atoms with Gasteiger partial charge in [0.1, 0.15) is 6.54 Å². The number of carboxylic acid groups (broad SMARTS) is 1. The lowest BCUT2D eigenvalue weighted by Crippen LogP contribution is -2.41. The molecule has 110 valence electrons. The molecule has 0 radical (unpaired) electrons. The summed E-state index contributed by atoms with van der Waals surface area (Å²) in [5.41, 5.74) is 1.04. The molecule has 3 nitrogen and oxygen atoms in total. The Morgan fingerprint density at radius 2 is 1.85 bits per heavy atom. The molecule has 0 bridgehead atoms. The van der Waals surface area contributed by atoms with Gasteiger partial charge in [-0.3, -0.25) is 4.79 Å². The summed E-state index contributed by atoms with van der Waals surface area (Å²) in [5.74, 6) is 0.100. The Bertz CT molecular complexity index is 410. The van der Waals surface area contributed by atoms with E-state index in [0.29, 0.717) is 6.04 Å². The fourth-order valence-electron chi connectivity index (χ4n) is 3.35. The van der Waals surface area contributed by atoms with Crippen molar-refractivity contribution in [2.75, 3.05) is 11.4 Å². The minimum Gasteiger partial charge on any atom is -0.480 e. The average molecular weight is 275 g/mol.